The summed E-state index contributed by atoms with van der Waals surface area (Å²) in [5, 5.41) is 7.42. The third-order valence-corrected chi connectivity index (χ3v) is 2.94. The number of aromatic nitrogens is 3. The third-order valence-electron chi connectivity index (χ3n) is 2.94. The standard InChI is InChI=1S/C16H13N3O4/c1-2-21-15-13(4-3-9-17-15)16(20)23-12-7-5-11(6-8-12)14-19-18-10-22-14/h3-10H,2H2,1H3. The van der Waals surface area contributed by atoms with Gasteiger partial charge in [0.25, 0.3) is 0 Å². The van der Waals surface area contributed by atoms with Gasteiger partial charge < -0.3 is 13.9 Å². The number of pyridine rings is 1. The summed E-state index contributed by atoms with van der Waals surface area (Å²) in [5.74, 6) is 0.507. The smallest absolute Gasteiger partial charge is 0.349 e. The maximum atomic E-state index is 12.2. The second-order valence-electron chi connectivity index (χ2n) is 4.45. The first-order valence-corrected chi connectivity index (χ1v) is 6.94. The van der Waals surface area contributed by atoms with Crippen molar-refractivity contribution in [2.75, 3.05) is 6.61 Å². The number of hydrogen-bond acceptors (Lipinski definition) is 7. The summed E-state index contributed by atoms with van der Waals surface area (Å²) < 4.78 is 15.8. The molecule has 0 bridgehead atoms. The molecular formula is C16H13N3O4. The topological polar surface area (TPSA) is 87.3 Å². The van der Waals surface area contributed by atoms with Crippen LogP contribution >= 0.6 is 0 Å². The van der Waals surface area contributed by atoms with Crippen molar-refractivity contribution in [1.82, 2.24) is 15.2 Å². The maximum absolute atomic E-state index is 12.2. The van der Waals surface area contributed by atoms with E-state index in [9.17, 15) is 4.79 Å². The van der Waals surface area contributed by atoms with Crippen molar-refractivity contribution in [3.63, 3.8) is 0 Å². The highest BCUT2D eigenvalue weighted by atomic mass is 16.5. The van der Waals surface area contributed by atoms with Crippen molar-refractivity contribution < 1.29 is 18.7 Å². The predicted octanol–water partition coefficient (Wildman–Crippen LogP) is 2.75. The summed E-state index contributed by atoms with van der Waals surface area (Å²) in [7, 11) is 0. The van der Waals surface area contributed by atoms with Crippen LogP contribution in [0.1, 0.15) is 17.3 Å². The van der Waals surface area contributed by atoms with Crippen LogP contribution in [0.4, 0.5) is 0 Å². The van der Waals surface area contributed by atoms with Gasteiger partial charge in [0.05, 0.1) is 6.61 Å². The number of hydrogen-bond donors (Lipinski definition) is 0. The number of ether oxygens (including phenoxy) is 2. The fourth-order valence-corrected chi connectivity index (χ4v) is 1.92. The van der Waals surface area contributed by atoms with E-state index >= 15 is 0 Å². The van der Waals surface area contributed by atoms with E-state index in [2.05, 4.69) is 15.2 Å². The SMILES string of the molecule is CCOc1ncccc1C(=O)Oc1ccc(-c2nnco2)cc1. The van der Waals surface area contributed by atoms with Crippen LogP contribution in [0.3, 0.4) is 0 Å². The summed E-state index contributed by atoms with van der Waals surface area (Å²) in [6.45, 7) is 2.23. The van der Waals surface area contributed by atoms with Crippen molar-refractivity contribution >= 4 is 5.97 Å². The largest absolute Gasteiger partial charge is 0.477 e. The highest BCUT2D eigenvalue weighted by Gasteiger charge is 2.16. The van der Waals surface area contributed by atoms with Crippen molar-refractivity contribution in [2.45, 2.75) is 6.92 Å². The molecule has 0 aliphatic carbocycles. The molecule has 0 unspecified atom stereocenters. The van der Waals surface area contributed by atoms with E-state index in [4.69, 9.17) is 13.9 Å². The van der Waals surface area contributed by atoms with Crippen LogP contribution in [0, 0.1) is 0 Å². The Morgan fingerprint density at radius 1 is 1.22 bits per heavy atom. The molecule has 2 aromatic heterocycles. The van der Waals surface area contributed by atoms with Crippen LogP contribution in [0.2, 0.25) is 0 Å². The first kappa shape index (κ1) is 14.7. The van der Waals surface area contributed by atoms with Crippen LogP contribution in [0.15, 0.2) is 53.4 Å². The molecule has 0 aliphatic rings. The second kappa shape index (κ2) is 6.69. The number of carbonyl (C=O) groups is 1. The van der Waals surface area contributed by atoms with Crippen LogP contribution in [-0.2, 0) is 0 Å². The minimum atomic E-state index is -0.535. The van der Waals surface area contributed by atoms with Gasteiger partial charge in [-0.05, 0) is 43.3 Å². The molecule has 2 heterocycles. The van der Waals surface area contributed by atoms with Crippen LogP contribution in [0.25, 0.3) is 11.5 Å². The van der Waals surface area contributed by atoms with Crippen LogP contribution in [-0.4, -0.2) is 27.8 Å². The molecule has 0 spiro atoms. The van der Waals surface area contributed by atoms with Crippen molar-refractivity contribution in [2.24, 2.45) is 0 Å². The zero-order valence-electron chi connectivity index (χ0n) is 12.3. The Morgan fingerprint density at radius 2 is 2.04 bits per heavy atom. The van der Waals surface area contributed by atoms with E-state index in [1.807, 2.05) is 6.92 Å². The zero-order valence-corrected chi connectivity index (χ0v) is 12.3. The quantitative estimate of drug-likeness (QED) is 0.529. The molecule has 0 saturated carbocycles. The van der Waals surface area contributed by atoms with E-state index in [0.717, 1.165) is 5.56 Å². The Labute approximate surface area is 131 Å². The fourth-order valence-electron chi connectivity index (χ4n) is 1.92. The summed E-state index contributed by atoms with van der Waals surface area (Å²) >= 11 is 0. The first-order valence-electron chi connectivity index (χ1n) is 6.94. The van der Waals surface area contributed by atoms with Crippen molar-refractivity contribution in [3.8, 4) is 23.1 Å². The molecular weight excluding hydrogens is 298 g/mol. The number of carbonyl (C=O) groups excluding carboxylic acids is 1. The zero-order chi connectivity index (χ0) is 16.1. The maximum Gasteiger partial charge on any atom is 0.349 e. The minimum absolute atomic E-state index is 0.252. The van der Waals surface area contributed by atoms with Gasteiger partial charge in [-0.15, -0.1) is 10.2 Å². The Kier molecular flexibility index (Phi) is 4.28. The molecule has 116 valence electrons. The van der Waals surface area contributed by atoms with Gasteiger partial charge in [0.2, 0.25) is 18.2 Å². The van der Waals surface area contributed by atoms with Gasteiger partial charge in [-0.3, -0.25) is 0 Å². The lowest BCUT2D eigenvalue weighted by Gasteiger charge is -2.08. The van der Waals surface area contributed by atoms with Gasteiger partial charge in [0.1, 0.15) is 11.3 Å². The molecule has 0 N–H and O–H groups in total. The van der Waals surface area contributed by atoms with E-state index in [-0.39, 0.29) is 11.4 Å². The molecule has 3 rings (SSSR count). The number of benzene rings is 1. The molecule has 0 saturated heterocycles. The molecule has 0 amide bonds. The van der Waals surface area contributed by atoms with E-state index < -0.39 is 5.97 Å². The number of esters is 1. The van der Waals surface area contributed by atoms with Crippen LogP contribution < -0.4 is 9.47 Å². The average molecular weight is 311 g/mol. The molecule has 23 heavy (non-hydrogen) atoms. The Balaban J connectivity index is 1.75. The normalized spacial score (nSPS) is 10.3. The molecule has 7 heteroatoms. The molecule has 0 aliphatic heterocycles. The summed E-state index contributed by atoms with van der Waals surface area (Å²) in [6, 6.07) is 10.00. The van der Waals surface area contributed by atoms with Crippen LogP contribution in [0.5, 0.6) is 11.6 Å². The molecule has 7 nitrogen and oxygen atoms in total. The van der Waals surface area contributed by atoms with Gasteiger partial charge in [-0.2, -0.15) is 0 Å². The summed E-state index contributed by atoms with van der Waals surface area (Å²) in [4.78, 5) is 16.3. The molecule has 0 radical (unpaired) electrons. The lowest BCUT2D eigenvalue weighted by Crippen LogP contribution is -2.11. The third kappa shape index (κ3) is 3.34. The predicted molar refractivity (Wildman–Crippen MR) is 80.1 cm³/mol. The first-order chi connectivity index (χ1) is 11.3. The van der Waals surface area contributed by atoms with Gasteiger partial charge in [0.15, 0.2) is 0 Å². The molecule has 0 atom stereocenters. The monoisotopic (exact) mass is 311 g/mol. The van der Waals surface area contributed by atoms with Gasteiger partial charge >= 0.3 is 5.97 Å². The lowest BCUT2D eigenvalue weighted by atomic mass is 10.2. The van der Waals surface area contributed by atoms with Crippen molar-refractivity contribution in [3.05, 3.63) is 54.6 Å². The van der Waals surface area contributed by atoms with Gasteiger partial charge in [0, 0.05) is 11.8 Å². The number of rotatable bonds is 5. The lowest BCUT2D eigenvalue weighted by molar-refractivity contribution is 0.0729. The summed E-state index contributed by atoms with van der Waals surface area (Å²) in [5.41, 5.74) is 1.01. The Bertz CT molecular complexity index is 785. The minimum Gasteiger partial charge on any atom is -0.477 e. The Morgan fingerprint density at radius 3 is 2.74 bits per heavy atom. The van der Waals surface area contributed by atoms with E-state index in [1.54, 1.807) is 42.6 Å². The van der Waals surface area contributed by atoms with Gasteiger partial charge in [-0.1, -0.05) is 0 Å². The summed E-state index contributed by atoms with van der Waals surface area (Å²) in [6.07, 6.45) is 2.81. The Hall–Kier alpha value is -3.22. The average Bonchev–Trinajstić information content (AvgIpc) is 3.11. The second-order valence-corrected chi connectivity index (χ2v) is 4.45. The van der Waals surface area contributed by atoms with E-state index in [1.165, 1.54) is 6.39 Å². The molecule has 0 fully saturated rings. The number of nitrogens with zero attached hydrogens (tertiary/aromatic N) is 3. The highest BCUT2D eigenvalue weighted by molar-refractivity contribution is 5.93. The van der Waals surface area contributed by atoms with E-state index in [0.29, 0.717) is 18.2 Å². The molecule has 3 aromatic rings. The fraction of sp³-hybridized carbons (Fsp3) is 0.125. The molecule has 1 aromatic carbocycles. The van der Waals surface area contributed by atoms with Gasteiger partial charge in [-0.25, -0.2) is 9.78 Å². The highest BCUT2D eigenvalue weighted by Crippen LogP contribution is 2.22. The van der Waals surface area contributed by atoms with Crippen molar-refractivity contribution in [1.29, 1.82) is 0 Å².